The molecule has 2 rings (SSSR count). The summed E-state index contributed by atoms with van der Waals surface area (Å²) < 4.78 is 60.4. The number of pyridine rings is 1. The highest BCUT2D eigenvalue weighted by Gasteiger charge is 2.51. The molecule has 0 radical (unpaired) electrons. The first-order valence-corrected chi connectivity index (χ1v) is 5.73. The molecule has 0 N–H and O–H groups in total. The van der Waals surface area contributed by atoms with Gasteiger partial charge in [0.05, 0.1) is 26.5 Å². The molecule has 2 heterocycles. The molecular formula is C13H18BNO4. The lowest BCUT2D eigenvalue weighted by molar-refractivity contribution is 0.00578. The van der Waals surface area contributed by atoms with Gasteiger partial charge >= 0.3 is 13.1 Å². The van der Waals surface area contributed by atoms with E-state index in [0.29, 0.717) is 0 Å². The molecular weight excluding hydrogens is 245 g/mol. The van der Waals surface area contributed by atoms with E-state index in [1.165, 1.54) is 0 Å². The lowest BCUT2D eigenvalue weighted by Crippen LogP contribution is -2.41. The predicted molar refractivity (Wildman–Crippen MR) is 71.3 cm³/mol. The molecule has 0 amide bonds. The third-order valence-corrected chi connectivity index (χ3v) is 3.38. The topological polar surface area (TPSA) is 57.7 Å². The average molecular weight is 269 g/mol. The van der Waals surface area contributed by atoms with Crippen molar-refractivity contribution in [3.63, 3.8) is 0 Å². The number of rotatable bonds is 2. The van der Waals surface area contributed by atoms with Crippen molar-refractivity contribution in [3.05, 3.63) is 24.0 Å². The van der Waals surface area contributed by atoms with Gasteiger partial charge in [-0.05, 0) is 33.7 Å². The molecule has 1 aliphatic rings. The monoisotopic (exact) mass is 269 g/mol. The zero-order chi connectivity index (χ0) is 19.4. The number of aromatic nitrogens is 1. The van der Waals surface area contributed by atoms with Crippen molar-refractivity contribution in [1.29, 1.82) is 0 Å². The maximum absolute atomic E-state index is 11.8. The smallest absolute Gasteiger partial charge is 0.464 e. The van der Waals surface area contributed by atoms with Gasteiger partial charge in [0, 0.05) is 11.6 Å². The molecule has 1 saturated heterocycles. The molecule has 0 saturated carbocycles. The van der Waals surface area contributed by atoms with Gasteiger partial charge in [-0.15, -0.1) is 0 Å². The van der Waals surface area contributed by atoms with Crippen molar-refractivity contribution < 1.29 is 27.1 Å². The van der Waals surface area contributed by atoms with Crippen LogP contribution in [0.25, 0.3) is 0 Å². The van der Waals surface area contributed by atoms with Gasteiger partial charge in [0.25, 0.3) is 0 Å². The maximum atomic E-state index is 11.8. The van der Waals surface area contributed by atoms with E-state index in [0.717, 1.165) is 0 Å². The summed E-state index contributed by atoms with van der Waals surface area (Å²) in [7, 11) is -4.12. The van der Waals surface area contributed by atoms with Gasteiger partial charge in [-0.2, -0.15) is 0 Å². The molecule has 0 bridgehead atoms. The Morgan fingerprint density at radius 2 is 2.00 bits per heavy atom. The molecule has 5 nitrogen and oxygen atoms in total. The van der Waals surface area contributed by atoms with Gasteiger partial charge in [-0.25, -0.2) is 9.78 Å². The van der Waals surface area contributed by atoms with Crippen LogP contribution >= 0.6 is 0 Å². The predicted octanol–water partition coefficient (Wildman–Crippen LogP) is 1.17. The Balaban J connectivity index is 2.44. The second-order valence-corrected chi connectivity index (χ2v) is 5.21. The van der Waals surface area contributed by atoms with Crippen molar-refractivity contribution in [2.75, 3.05) is 7.04 Å². The molecule has 19 heavy (non-hydrogen) atoms. The van der Waals surface area contributed by atoms with Crippen molar-refractivity contribution in [2.45, 2.75) is 38.9 Å². The Morgan fingerprint density at radius 3 is 2.58 bits per heavy atom. The number of ether oxygens (including phenoxy) is 1. The first-order chi connectivity index (χ1) is 11.2. The Hall–Kier alpha value is -1.40. The van der Waals surface area contributed by atoms with E-state index >= 15 is 0 Å². The van der Waals surface area contributed by atoms with Crippen LogP contribution in [0.4, 0.5) is 0 Å². The molecule has 0 spiro atoms. The summed E-state index contributed by atoms with van der Waals surface area (Å²) in [5.74, 6) is -1.40. The summed E-state index contributed by atoms with van der Waals surface area (Å²) in [6.45, 7) is 7.16. The van der Waals surface area contributed by atoms with Crippen molar-refractivity contribution >= 4 is 18.6 Å². The number of methoxy groups -OCH3 is 1. The minimum atomic E-state index is -3.01. The first-order valence-electron chi connectivity index (χ1n) is 8.73. The third-order valence-electron chi connectivity index (χ3n) is 3.38. The third kappa shape index (κ3) is 2.50. The number of hydrogen-bond acceptors (Lipinski definition) is 5. The van der Waals surface area contributed by atoms with E-state index in [9.17, 15) is 4.79 Å². The van der Waals surface area contributed by atoms with Crippen LogP contribution in [-0.2, 0) is 14.0 Å². The molecule has 1 aliphatic heterocycles. The van der Waals surface area contributed by atoms with Crippen molar-refractivity contribution in [1.82, 2.24) is 4.98 Å². The molecule has 102 valence electrons. The standard InChI is InChI=1S/C13H18BNO4/c1-12(2)13(3,4)19-14(18-12)9-6-7-10(15-8-9)11(16)17-5/h6-8H,1-5H3/i5D3,6D,7D,8D. The highest BCUT2D eigenvalue weighted by Crippen LogP contribution is 2.36. The van der Waals surface area contributed by atoms with Crippen LogP contribution in [0.1, 0.15) is 46.4 Å². The van der Waals surface area contributed by atoms with Gasteiger partial charge in [0.15, 0.2) is 0 Å². The number of esters is 1. The fourth-order valence-electron chi connectivity index (χ4n) is 1.52. The van der Waals surface area contributed by atoms with Gasteiger partial charge in [0.1, 0.15) is 5.69 Å². The highest BCUT2D eigenvalue weighted by atomic mass is 16.7. The quantitative estimate of drug-likeness (QED) is 0.595. The van der Waals surface area contributed by atoms with Gasteiger partial charge in [-0.1, -0.05) is 6.04 Å². The van der Waals surface area contributed by atoms with E-state index in [4.69, 9.17) is 17.5 Å². The summed E-state index contributed by atoms with van der Waals surface area (Å²) >= 11 is 0. The molecule has 0 unspecified atom stereocenters. The lowest BCUT2D eigenvalue weighted by atomic mass is 9.80. The second-order valence-electron chi connectivity index (χ2n) is 5.21. The van der Waals surface area contributed by atoms with Crippen LogP contribution < -0.4 is 5.46 Å². The Labute approximate surface area is 121 Å². The second kappa shape index (κ2) is 4.61. The van der Waals surface area contributed by atoms with E-state index in [1.54, 1.807) is 27.7 Å². The molecule has 6 heteroatoms. The van der Waals surface area contributed by atoms with Gasteiger partial charge in [-0.3, -0.25) is 0 Å². The summed E-state index contributed by atoms with van der Waals surface area (Å²) in [5, 5.41) is 0. The SMILES string of the molecule is [2H]c1nc(C(=O)OC([2H])([2H])[2H])c([2H])c([2H])c1B1OC(C)(C)C(C)(C)O1. The van der Waals surface area contributed by atoms with E-state index < -0.39 is 55.3 Å². The normalized spacial score (nSPS) is 25.6. The molecule has 0 aromatic carbocycles. The average Bonchev–Trinajstić information content (AvgIpc) is 2.60. The Bertz CT molecular complexity index is 705. The van der Waals surface area contributed by atoms with E-state index in [1.807, 2.05) is 0 Å². The molecule has 1 fully saturated rings. The first kappa shape index (κ1) is 8.02. The van der Waals surface area contributed by atoms with Crippen LogP contribution in [0.15, 0.2) is 18.3 Å². The minimum absolute atomic E-state index is 0.103. The van der Waals surface area contributed by atoms with Gasteiger partial charge in [0.2, 0.25) is 0 Å². The molecule has 0 aliphatic carbocycles. The summed E-state index contributed by atoms with van der Waals surface area (Å²) in [6.07, 6.45) is -0.517. The maximum Gasteiger partial charge on any atom is 0.496 e. The Morgan fingerprint density at radius 1 is 1.37 bits per heavy atom. The van der Waals surface area contributed by atoms with Crippen LogP contribution in [0.5, 0.6) is 0 Å². The molecule has 1 aromatic rings. The largest absolute Gasteiger partial charge is 0.496 e. The summed E-state index contributed by atoms with van der Waals surface area (Å²) in [5.41, 5.74) is -2.27. The van der Waals surface area contributed by atoms with E-state index in [2.05, 4.69) is 9.72 Å². The van der Waals surface area contributed by atoms with E-state index in [-0.39, 0.29) is 5.46 Å². The highest BCUT2D eigenvalue weighted by molar-refractivity contribution is 6.62. The zero-order valence-electron chi connectivity index (χ0n) is 17.2. The van der Waals surface area contributed by atoms with Crippen LogP contribution in [-0.4, -0.2) is 36.3 Å². The fourth-order valence-corrected chi connectivity index (χ4v) is 1.52. The summed E-state index contributed by atoms with van der Waals surface area (Å²) in [4.78, 5) is 15.5. The number of hydrogen-bond donors (Lipinski definition) is 0. The number of carbonyl (C=O) groups is 1. The number of nitrogens with zero attached hydrogens (tertiary/aromatic N) is 1. The minimum Gasteiger partial charge on any atom is -0.464 e. The number of carbonyl (C=O) groups excluding carboxylic acids is 1. The lowest BCUT2D eigenvalue weighted by Gasteiger charge is -2.32. The summed E-state index contributed by atoms with van der Waals surface area (Å²) in [6, 6.07) is -1.16. The van der Waals surface area contributed by atoms with Gasteiger partial charge < -0.3 is 14.0 Å². The van der Waals surface area contributed by atoms with Crippen LogP contribution in [0.2, 0.25) is 0 Å². The molecule has 0 atom stereocenters. The molecule has 1 aromatic heterocycles. The van der Waals surface area contributed by atoms with Crippen molar-refractivity contribution in [3.8, 4) is 0 Å². The van der Waals surface area contributed by atoms with Crippen molar-refractivity contribution in [2.24, 2.45) is 0 Å². The zero-order valence-corrected chi connectivity index (χ0v) is 11.2. The fraction of sp³-hybridized carbons (Fsp3) is 0.538. The van der Waals surface area contributed by atoms with Crippen LogP contribution in [0.3, 0.4) is 0 Å². The Kier molecular flexibility index (Phi) is 1.95. The van der Waals surface area contributed by atoms with Crippen LogP contribution in [0, 0.1) is 0 Å².